The highest BCUT2D eigenvalue weighted by atomic mass is 35.5. The van der Waals surface area contributed by atoms with Crippen molar-refractivity contribution in [1.29, 1.82) is 0 Å². The fraction of sp³-hybridized carbons (Fsp3) is 0.778. The number of rotatable bonds is 6. The van der Waals surface area contributed by atoms with Crippen molar-refractivity contribution in [3.63, 3.8) is 0 Å². The van der Waals surface area contributed by atoms with Crippen LogP contribution >= 0.6 is 23.2 Å². The average Bonchev–Trinajstić information content (AvgIpc) is 2.12. The van der Waals surface area contributed by atoms with Crippen molar-refractivity contribution in [2.45, 2.75) is 43.5 Å². The number of hydrogen-bond acceptors (Lipinski definition) is 3. The number of carboxylic acid groups (broad SMARTS) is 2. The summed E-state index contributed by atoms with van der Waals surface area (Å²) in [6, 6.07) is 0. The summed E-state index contributed by atoms with van der Waals surface area (Å²) in [5.74, 6) is -1.74. The molecule has 0 fully saturated rings. The Morgan fingerprint density at radius 2 is 1.31 bits per heavy atom. The zero-order valence-corrected chi connectivity index (χ0v) is 10.5. The minimum absolute atomic E-state index is 0.0628. The fourth-order valence-electron chi connectivity index (χ4n) is 0.552. The first-order chi connectivity index (χ1) is 7.19. The molecule has 0 spiro atoms. The molecule has 0 bridgehead atoms. The molecular formula is C9H16Cl2O5. The maximum atomic E-state index is 9.90. The Morgan fingerprint density at radius 3 is 1.44 bits per heavy atom. The van der Waals surface area contributed by atoms with Gasteiger partial charge in [0.2, 0.25) is 4.52 Å². The van der Waals surface area contributed by atoms with Crippen LogP contribution in [0.25, 0.3) is 0 Å². The number of carbonyl (C=O) groups is 2. The predicted octanol–water partition coefficient (Wildman–Crippen LogP) is 2.24. The van der Waals surface area contributed by atoms with Gasteiger partial charge in [0, 0.05) is 19.3 Å². The molecule has 0 aromatic heterocycles. The first kappa shape index (κ1) is 17.9. The van der Waals surface area contributed by atoms with Gasteiger partial charge in [0.15, 0.2) is 0 Å². The topological polar surface area (TPSA) is 94.8 Å². The molecule has 0 aromatic carbocycles. The van der Waals surface area contributed by atoms with Crippen molar-refractivity contribution < 1.29 is 24.9 Å². The number of halogens is 2. The van der Waals surface area contributed by atoms with Gasteiger partial charge in [-0.2, -0.15) is 0 Å². The van der Waals surface area contributed by atoms with Crippen LogP contribution < -0.4 is 0 Å². The molecule has 0 saturated carbocycles. The van der Waals surface area contributed by atoms with Gasteiger partial charge in [0.05, 0.1) is 0 Å². The Morgan fingerprint density at radius 1 is 1.06 bits per heavy atom. The smallest absolute Gasteiger partial charge is 0.303 e. The van der Waals surface area contributed by atoms with Crippen LogP contribution in [0.3, 0.4) is 0 Å². The Kier molecular flexibility index (Phi) is 10.8. The van der Waals surface area contributed by atoms with Gasteiger partial charge >= 0.3 is 11.9 Å². The predicted molar refractivity (Wildman–Crippen MR) is 60.7 cm³/mol. The summed E-state index contributed by atoms with van der Waals surface area (Å²) < 4.78 is -1.51. The Labute approximate surface area is 104 Å². The quantitative estimate of drug-likeness (QED) is 0.510. The van der Waals surface area contributed by atoms with Gasteiger partial charge in [0.25, 0.3) is 0 Å². The van der Waals surface area contributed by atoms with Crippen LogP contribution in [-0.4, -0.2) is 31.8 Å². The summed E-state index contributed by atoms with van der Waals surface area (Å²) in [4.78, 5) is 19.8. The first-order valence-electron chi connectivity index (χ1n) is 4.72. The Bertz CT molecular complexity index is 196. The minimum Gasteiger partial charge on any atom is -0.481 e. The Balaban J connectivity index is 0. The third kappa shape index (κ3) is 23.4. The third-order valence-electron chi connectivity index (χ3n) is 1.46. The molecule has 96 valence electrons. The molecule has 0 amide bonds. The molecule has 0 aliphatic heterocycles. The summed E-state index contributed by atoms with van der Waals surface area (Å²) >= 11 is 10.1. The van der Waals surface area contributed by atoms with Crippen LogP contribution in [0.5, 0.6) is 0 Å². The lowest BCUT2D eigenvalue weighted by atomic mass is 10.2. The lowest BCUT2D eigenvalue weighted by Crippen LogP contribution is -2.06. The van der Waals surface area contributed by atoms with Crippen molar-refractivity contribution in [1.82, 2.24) is 0 Å². The summed E-state index contributed by atoms with van der Waals surface area (Å²) in [5, 5.41) is 24.6. The molecule has 0 aliphatic carbocycles. The van der Waals surface area contributed by atoms with Gasteiger partial charge in [-0.05, 0) is 12.8 Å². The van der Waals surface area contributed by atoms with Gasteiger partial charge in [-0.15, -0.1) is 0 Å². The molecule has 0 radical (unpaired) electrons. The summed E-state index contributed by atoms with van der Waals surface area (Å²) in [6.45, 7) is 1.69. The highest BCUT2D eigenvalue weighted by Crippen LogP contribution is 2.19. The van der Waals surface area contributed by atoms with E-state index in [0.29, 0.717) is 19.3 Å². The van der Waals surface area contributed by atoms with E-state index >= 15 is 0 Å². The first-order valence-corrected chi connectivity index (χ1v) is 5.48. The number of alkyl halides is 2. The van der Waals surface area contributed by atoms with Crippen LogP contribution in [0.4, 0.5) is 0 Å². The minimum atomic E-state index is -1.51. The molecule has 0 unspecified atom stereocenters. The van der Waals surface area contributed by atoms with Crippen LogP contribution in [0.2, 0.25) is 0 Å². The zero-order valence-electron chi connectivity index (χ0n) is 8.95. The van der Waals surface area contributed by atoms with E-state index in [4.69, 9.17) is 38.5 Å². The number of carboxylic acids is 2. The SMILES string of the molecule is CCC(O)(Cl)Cl.O=C(O)CCCCC(=O)O. The molecule has 0 aromatic rings. The lowest BCUT2D eigenvalue weighted by Gasteiger charge is -2.04. The van der Waals surface area contributed by atoms with E-state index in [1.165, 1.54) is 0 Å². The molecule has 0 heterocycles. The summed E-state index contributed by atoms with van der Waals surface area (Å²) in [7, 11) is 0. The van der Waals surface area contributed by atoms with E-state index in [1.54, 1.807) is 6.92 Å². The maximum Gasteiger partial charge on any atom is 0.303 e. The van der Waals surface area contributed by atoms with Gasteiger partial charge in [-0.25, -0.2) is 0 Å². The van der Waals surface area contributed by atoms with Gasteiger partial charge in [-0.3, -0.25) is 9.59 Å². The molecule has 0 rings (SSSR count). The largest absolute Gasteiger partial charge is 0.481 e. The average molecular weight is 275 g/mol. The second-order valence-electron chi connectivity index (χ2n) is 3.01. The lowest BCUT2D eigenvalue weighted by molar-refractivity contribution is -0.139. The second kappa shape index (κ2) is 9.69. The molecule has 0 atom stereocenters. The van der Waals surface area contributed by atoms with Crippen molar-refractivity contribution in [2.75, 3.05) is 0 Å². The van der Waals surface area contributed by atoms with Gasteiger partial charge in [0.1, 0.15) is 0 Å². The highest BCUT2D eigenvalue weighted by Gasteiger charge is 2.13. The number of hydrogen-bond donors (Lipinski definition) is 3. The third-order valence-corrected chi connectivity index (χ3v) is 1.99. The highest BCUT2D eigenvalue weighted by molar-refractivity contribution is 6.46. The van der Waals surface area contributed by atoms with E-state index < -0.39 is 16.5 Å². The standard InChI is InChI=1S/C6H10O4.C3H6Cl2O/c7-5(8)3-1-2-4-6(9)10;1-2-3(4,5)6/h1-4H2,(H,7,8)(H,9,10);6H,2H2,1H3. The Hall–Kier alpha value is -0.520. The molecule has 3 N–H and O–H groups in total. The van der Waals surface area contributed by atoms with E-state index in [9.17, 15) is 9.59 Å². The van der Waals surface area contributed by atoms with Crippen LogP contribution in [0.1, 0.15) is 39.0 Å². The fourth-order valence-corrected chi connectivity index (χ4v) is 0.552. The van der Waals surface area contributed by atoms with Crippen molar-refractivity contribution >= 4 is 35.1 Å². The molecule has 0 saturated heterocycles. The maximum absolute atomic E-state index is 9.90. The normalized spacial score (nSPS) is 10.2. The summed E-state index contributed by atoms with van der Waals surface area (Å²) in [6.07, 6.45) is 1.37. The zero-order chi connectivity index (χ0) is 13.2. The van der Waals surface area contributed by atoms with E-state index in [2.05, 4.69) is 0 Å². The number of aliphatic carboxylic acids is 2. The van der Waals surface area contributed by atoms with Crippen molar-refractivity contribution in [3.05, 3.63) is 0 Å². The van der Waals surface area contributed by atoms with Crippen LogP contribution in [0, 0.1) is 0 Å². The van der Waals surface area contributed by atoms with Crippen LogP contribution in [-0.2, 0) is 9.59 Å². The van der Waals surface area contributed by atoms with E-state index in [0.717, 1.165) is 0 Å². The summed E-state index contributed by atoms with van der Waals surface area (Å²) in [5.41, 5.74) is 0. The van der Waals surface area contributed by atoms with Crippen molar-refractivity contribution in [2.24, 2.45) is 0 Å². The molecular weight excluding hydrogens is 259 g/mol. The molecule has 5 nitrogen and oxygen atoms in total. The molecule has 7 heteroatoms. The van der Waals surface area contributed by atoms with Crippen LogP contribution in [0.15, 0.2) is 0 Å². The van der Waals surface area contributed by atoms with Gasteiger partial charge in [-0.1, -0.05) is 30.1 Å². The number of unbranched alkanes of at least 4 members (excludes halogenated alkanes) is 1. The van der Waals surface area contributed by atoms with E-state index in [1.807, 2.05) is 0 Å². The number of aliphatic hydroxyl groups is 1. The molecule has 16 heavy (non-hydrogen) atoms. The van der Waals surface area contributed by atoms with E-state index in [-0.39, 0.29) is 12.8 Å². The van der Waals surface area contributed by atoms with Gasteiger partial charge < -0.3 is 15.3 Å². The molecule has 0 aliphatic rings. The second-order valence-corrected chi connectivity index (χ2v) is 4.46. The monoisotopic (exact) mass is 274 g/mol. The van der Waals surface area contributed by atoms with Crippen molar-refractivity contribution in [3.8, 4) is 0 Å².